The molecule has 3 atom stereocenters. The minimum atomic E-state index is -1.82. The highest BCUT2D eigenvalue weighted by atomic mass is 79.9. The zero-order valence-electron chi connectivity index (χ0n) is 19.2. The van der Waals surface area contributed by atoms with Crippen LogP contribution in [0.3, 0.4) is 0 Å². The summed E-state index contributed by atoms with van der Waals surface area (Å²) in [6, 6.07) is 21.1. The molecule has 0 spiro atoms. The zero-order chi connectivity index (χ0) is 25.8. The minimum absolute atomic E-state index is 0.262. The molecular weight excluding hydrogens is 656 g/mol. The third-order valence-electron chi connectivity index (χ3n) is 7.01. The van der Waals surface area contributed by atoms with Gasteiger partial charge in [0, 0.05) is 36.0 Å². The van der Waals surface area contributed by atoms with Crippen molar-refractivity contribution in [1.82, 2.24) is 0 Å². The molecular formula is C28H19Br3O5. The third-order valence-corrected chi connectivity index (χ3v) is 8.43. The Hall–Kier alpha value is -2.55. The van der Waals surface area contributed by atoms with Gasteiger partial charge in [-0.1, -0.05) is 90.3 Å². The molecule has 1 aliphatic heterocycles. The third kappa shape index (κ3) is 3.64. The maximum atomic E-state index is 14.0. The molecule has 0 amide bonds. The zero-order valence-corrected chi connectivity index (χ0v) is 23.9. The van der Waals surface area contributed by atoms with Gasteiger partial charge in [0.15, 0.2) is 11.2 Å². The molecule has 1 saturated carbocycles. The average molecular weight is 675 g/mol. The molecule has 0 unspecified atom stereocenters. The monoisotopic (exact) mass is 672 g/mol. The molecule has 5 rings (SSSR count). The number of rotatable bonds is 5. The molecule has 3 aromatic carbocycles. The number of allylic oxidation sites excluding steroid dienone is 1. The van der Waals surface area contributed by atoms with E-state index < -0.39 is 28.7 Å². The van der Waals surface area contributed by atoms with E-state index >= 15 is 0 Å². The molecule has 8 heteroatoms. The lowest BCUT2D eigenvalue weighted by Gasteiger charge is -2.23. The van der Waals surface area contributed by atoms with E-state index in [0.29, 0.717) is 26.9 Å². The summed E-state index contributed by atoms with van der Waals surface area (Å²) in [6.45, 7) is 3.39. The van der Waals surface area contributed by atoms with Crippen molar-refractivity contribution in [2.24, 2.45) is 10.8 Å². The number of esters is 2. The Balaban J connectivity index is 1.62. The quantitative estimate of drug-likeness (QED) is 0.0926. The van der Waals surface area contributed by atoms with Crippen molar-refractivity contribution in [3.63, 3.8) is 0 Å². The summed E-state index contributed by atoms with van der Waals surface area (Å²) < 4.78 is 13.8. The summed E-state index contributed by atoms with van der Waals surface area (Å²) in [4.78, 5) is 41.5. The second kappa shape index (κ2) is 9.08. The Morgan fingerprint density at radius 2 is 1.44 bits per heavy atom. The molecule has 0 radical (unpaired) electrons. The van der Waals surface area contributed by atoms with Crippen LogP contribution in [0.5, 0.6) is 5.75 Å². The van der Waals surface area contributed by atoms with Crippen molar-refractivity contribution in [2.75, 3.05) is 0 Å². The highest BCUT2D eigenvalue weighted by molar-refractivity contribution is 9.11. The number of benzene rings is 3. The van der Waals surface area contributed by atoms with Crippen LogP contribution in [0.2, 0.25) is 0 Å². The predicted octanol–water partition coefficient (Wildman–Crippen LogP) is 7.43. The van der Waals surface area contributed by atoms with E-state index in [2.05, 4.69) is 47.8 Å². The lowest BCUT2D eigenvalue weighted by atomic mass is 9.87. The molecule has 0 aromatic heterocycles. The second-order valence-corrected chi connectivity index (χ2v) is 12.0. The first-order valence-electron chi connectivity index (χ1n) is 11.1. The normalized spacial score (nSPS) is 24.6. The van der Waals surface area contributed by atoms with Crippen LogP contribution in [-0.4, -0.2) is 17.7 Å². The molecule has 3 aromatic rings. The Labute approximate surface area is 233 Å². The van der Waals surface area contributed by atoms with Gasteiger partial charge in [0.2, 0.25) is 0 Å². The summed E-state index contributed by atoms with van der Waals surface area (Å²) in [6.07, 6.45) is 0. The first kappa shape index (κ1) is 25.1. The number of hydrogen-bond donors (Lipinski definition) is 0. The van der Waals surface area contributed by atoms with E-state index in [9.17, 15) is 14.4 Å². The molecule has 1 fully saturated rings. The van der Waals surface area contributed by atoms with Crippen LogP contribution in [0.15, 0.2) is 86.2 Å². The van der Waals surface area contributed by atoms with E-state index in [-0.39, 0.29) is 11.5 Å². The summed E-state index contributed by atoms with van der Waals surface area (Å²) >= 11 is 10.2. The van der Waals surface area contributed by atoms with Gasteiger partial charge in [-0.2, -0.15) is 0 Å². The SMILES string of the molecule is C/C(Br)=C(\OC(=O)[C@]12C(=O)Oc3ccccc3[C@H]1[C@]2(C)C(=O)c1ccc(Br)cc1)c1ccc(Br)cc1. The van der Waals surface area contributed by atoms with Gasteiger partial charge in [-0.05, 0) is 44.2 Å². The van der Waals surface area contributed by atoms with E-state index in [0.717, 1.165) is 8.95 Å². The highest BCUT2D eigenvalue weighted by Crippen LogP contribution is 2.78. The van der Waals surface area contributed by atoms with Crippen molar-refractivity contribution >= 4 is 71.3 Å². The summed E-state index contributed by atoms with van der Waals surface area (Å²) in [5.74, 6) is -2.05. The maximum absolute atomic E-state index is 14.0. The van der Waals surface area contributed by atoms with Crippen LogP contribution in [0, 0.1) is 10.8 Å². The Bertz CT molecular complexity index is 1440. The van der Waals surface area contributed by atoms with Crippen molar-refractivity contribution < 1.29 is 23.9 Å². The van der Waals surface area contributed by atoms with Crippen molar-refractivity contribution in [3.05, 3.63) is 103 Å². The standard InChI is InChI=1S/C28H19Br3O5/c1-15(29)22(16-7-11-18(30)12-8-16)36-26(34)28-23(20-5-3-4-6-21(20)35-25(28)33)27(28,2)24(32)17-9-13-19(31)14-10-17/h3-14,23H,1-2H3/b22-15+/t23-,27+,28+/m0/s1. The van der Waals surface area contributed by atoms with Crippen LogP contribution < -0.4 is 4.74 Å². The molecule has 0 saturated heterocycles. The predicted molar refractivity (Wildman–Crippen MR) is 146 cm³/mol. The molecule has 0 N–H and O–H groups in total. The average Bonchev–Trinajstić information content (AvgIpc) is 3.46. The Kier molecular flexibility index (Phi) is 6.34. The molecule has 182 valence electrons. The number of hydrogen-bond acceptors (Lipinski definition) is 5. The van der Waals surface area contributed by atoms with Crippen molar-refractivity contribution in [1.29, 1.82) is 0 Å². The van der Waals surface area contributed by atoms with E-state index in [1.165, 1.54) is 0 Å². The molecule has 0 bridgehead atoms. The van der Waals surface area contributed by atoms with Gasteiger partial charge < -0.3 is 9.47 Å². The topological polar surface area (TPSA) is 69.7 Å². The smallest absolute Gasteiger partial charge is 0.330 e. The Morgan fingerprint density at radius 1 is 0.889 bits per heavy atom. The van der Waals surface area contributed by atoms with Gasteiger partial charge >= 0.3 is 11.9 Å². The summed E-state index contributed by atoms with van der Waals surface area (Å²) in [5, 5.41) is 0. The van der Waals surface area contributed by atoms with Crippen LogP contribution in [0.25, 0.3) is 5.76 Å². The van der Waals surface area contributed by atoms with Gasteiger partial charge in [0.1, 0.15) is 11.5 Å². The number of Topliss-reactive ketones (excluding diaryl/α,β-unsaturated/α-hetero) is 1. The van der Waals surface area contributed by atoms with Crippen LogP contribution >= 0.6 is 47.8 Å². The van der Waals surface area contributed by atoms with Crippen LogP contribution in [-0.2, 0) is 14.3 Å². The van der Waals surface area contributed by atoms with Gasteiger partial charge in [-0.3, -0.25) is 14.4 Å². The fraction of sp³-hybridized carbons (Fsp3) is 0.179. The van der Waals surface area contributed by atoms with Crippen molar-refractivity contribution in [2.45, 2.75) is 19.8 Å². The van der Waals surface area contributed by atoms with E-state index in [1.54, 1.807) is 74.5 Å². The maximum Gasteiger partial charge on any atom is 0.330 e. The fourth-order valence-corrected chi connectivity index (χ4v) is 6.05. The lowest BCUT2D eigenvalue weighted by molar-refractivity contribution is -0.157. The molecule has 1 aliphatic carbocycles. The number of carbonyl (C=O) groups excluding carboxylic acids is 3. The molecule has 36 heavy (non-hydrogen) atoms. The van der Waals surface area contributed by atoms with Crippen LogP contribution in [0.1, 0.15) is 41.3 Å². The minimum Gasteiger partial charge on any atom is -0.425 e. The van der Waals surface area contributed by atoms with Gasteiger partial charge in [-0.25, -0.2) is 0 Å². The van der Waals surface area contributed by atoms with Crippen molar-refractivity contribution in [3.8, 4) is 5.75 Å². The summed E-state index contributed by atoms with van der Waals surface area (Å²) in [7, 11) is 0. The molecule has 5 nitrogen and oxygen atoms in total. The summed E-state index contributed by atoms with van der Waals surface area (Å²) in [5.41, 5.74) is -1.55. The number of ether oxygens (including phenoxy) is 2. The second-order valence-electron chi connectivity index (χ2n) is 8.97. The van der Waals surface area contributed by atoms with E-state index in [4.69, 9.17) is 9.47 Å². The largest absolute Gasteiger partial charge is 0.425 e. The van der Waals surface area contributed by atoms with Gasteiger partial charge in [0.05, 0.1) is 5.41 Å². The molecule has 1 heterocycles. The number of para-hydroxylation sites is 1. The highest BCUT2D eigenvalue weighted by Gasteiger charge is 2.89. The van der Waals surface area contributed by atoms with Gasteiger partial charge in [0.25, 0.3) is 0 Å². The number of carbonyl (C=O) groups is 3. The first-order valence-corrected chi connectivity index (χ1v) is 13.5. The number of ketones is 1. The number of fused-ring (bicyclic) bond motifs is 3. The lowest BCUT2D eigenvalue weighted by Crippen LogP contribution is -2.40. The molecule has 2 aliphatic rings. The van der Waals surface area contributed by atoms with Crippen LogP contribution in [0.4, 0.5) is 0 Å². The number of halogens is 3. The van der Waals surface area contributed by atoms with E-state index in [1.807, 2.05) is 12.1 Å². The Morgan fingerprint density at radius 3 is 2.03 bits per heavy atom. The van der Waals surface area contributed by atoms with Gasteiger partial charge in [-0.15, -0.1) is 0 Å². The first-order chi connectivity index (χ1) is 17.1. The fourth-order valence-electron chi connectivity index (χ4n) is 5.21.